The van der Waals surface area contributed by atoms with Crippen LogP contribution >= 0.6 is 0 Å². The standard InChI is InChI=1S/C12H12F2N2O2/c1-3-18-10(17)4-8-6-16-11(12(13)14)9(5-15)7(8)2/h6,12H,3-4H2,1-2H3. The monoisotopic (exact) mass is 254 g/mol. The maximum Gasteiger partial charge on any atom is 0.310 e. The smallest absolute Gasteiger partial charge is 0.310 e. The summed E-state index contributed by atoms with van der Waals surface area (Å²) in [5.74, 6) is -0.476. The van der Waals surface area contributed by atoms with Crippen molar-refractivity contribution in [1.29, 1.82) is 5.26 Å². The summed E-state index contributed by atoms with van der Waals surface area (Å²) in [6.45, 7) is 3.43. The zero-order valence-corrected chi connectivity index (χ0v) is 10.0. The van der Waals surface area contributed by atoms with E-state index in [1.807, 2.05) is 0 Å². The van der Waals surface area contributed by atoms with Crippen LogP contribution in [0.2, 0.25) is 0 Å². The number of hydrogen-bond donors (Lipinski definition) is 0. The Hall–Kier alpha value is -2.03. The summed E-state index contributed by atoms with van der Waals surface area (Å²) in [6.07, 6.45) is -1.70. The van der Waals surface area contributed by atoms with E-state index in [2.05, 4.69) is 4.98 Å². The van der Waals surface area contributed by atoms with Gasteiger partial charge in [-0.15, -0.1) is 0 Å². The molecular weight excluding hydrogens is 242 g/mol. The summed E-state index contributed by atoms with van der Waals surface area (Å²) in [6, 6.07) is 1.70. The van der Waals surface area contributed by atoms with E-state index in [1.165, 1.54) is 13.1 Å². The molecule has 0 saturated heterocycles. The summed E-state index contributed by atoms with van der Waals surface area (Å²) in [7, 11) is 0. The van der Waals surface area contributed by atoms with Gasteiger partial charge in [0, 0.05) is 6.20 Å². The molecule has 0 aliphatic heterocycles. The second kappa shape index (κ2) is 6.05. The molecule has 0 radical (unpaired) electrons. The van der Waals surface area contributed by atoms with Gasteiger partial charge in [0.25, 0.3) is 6.43 Å². The molecule has 4 nitrogen and oxygen atoms in total. The number of alkyl halides is 2. The fraction of sp³-hybridized carbons (Fsp3) is 0.417. The molecular formula is C12H12F2N2O2. The van der Waals surface area contributed by atoms with Crippen molar-refractivity contribution in [3.05, 3.63) is 28.6 Å². The van der Waals surface area contributed by atoms with Crippen molar-refractivity contribution in [2.75, 3.05) is 6.61 Å². The molecule has 0 amide bonds. The molecule has 0 atom stereocenters. The van der Waals surface area contributed by atoms with Crippen molar-refractivity contribution >= 4 is 5.97 Å². The Balaban J connectivity index is 3.11. The largest absolute Gasteiger partial charge is 0.466 e. The van der Waals surface area contributed by atoms with E-state index < -0.39 is 18.1 Å². The Morgan fingerprint density at radius 2 is 2.28 bits per heavy atom. The number of carbonyl (C=O) groups excluding carboxylic acids is 1. The topological polar surface area (TPSA) is 63.0 Å². The number of hydrogen-bond acceptors (Lipinski definition) is 4. The Morgan fingerprint density at radius 1 is 1.61 bits per heavy atom. The van der Waals surface area contributed by atoms with E-state index in [0.29, 0.717) is 11.1 Å². The second-order valence-electron chi connectivity index (χ2n) is 3.56. The molecule has 0 fully saturated rings. The van der Waals surface area contributed by atoms with E-state index in [1.54, 1.807) is 13.0 Å². The molecule has 18 heavy (non-hydrogen) atoms. The number of pyridine rings is 1. The number of esters is 1. The van der Waals surface area contributed by atoms with Crippen molar-refractivity contribution in [2.45, 2.75) is 26.7 Å². The molecule has 0 aliphatic rings. The number of rotatable bonds is 4. The first-order valence-electron chi connectivity index (χ1n) is 5.33. The van der Waals surface area contributed by atoms with Gasteiger partial charge >= 0.3 is 5.97 Å². The van der Waals surface area contributed by atoms with Crippen LogP contribution in [0.4, 0.5) is 8.78 Å². The van der Waals surface area contributed by atoms with E-state index in [4.69, 9.17) is 10.00 Å². The first kappa shape index (κ1) is 14.0. The third kappa shape index (κ3) is 3.00. The van der Waals surface area contributed by atoms with Gasteiger partial charge in [-0.2, -0.15) is 5.26 Å². The van der Waals surface area contributed by atoms with Crippen molar-refractivity contribution in [3.8, 4) is 6.07 Å². The highest BCUT2D eigenvalue weighted by Gasteiger charge is 2.19. The average molecular weight is 254 g/mol. The molecule has 6 heteroatoms. The normalized spacial score (nSPS) is 10.2. The highest BCUT2D eigenvalue weighted by molar-refractivity contribution is 5.73. The Labute approximate surface area is 103 Å². The Kier molecular flexibility index (Phi) is 4.72. The van der Waals surface area contributed by atoms with Gasteiger partial charge in [-0.05, 0) is 25.0 Å². The van der Waals surface area contributed by atoms with Crippen LogP contribution in [0.3, 0.4) is 0 Å². The molecule has 1 aromatic heterocycles. The number of nitrogens with zero attached hydrogens (tertiary/aromatic N) is 2. The molecule has 0 unspecified atom stereocenters. The maximum absolute atomic E-state index is 12.6. The van der Waals surface area contributed by atoms with Gasteiger partial charge < -0.3 is 4.74 Å². The Morgan fingerprint density at radius 3 is 2.78 bits per heavy atom. The van der Waals surface area contributed by atoms with Crippen LogP contribution in [0.15, 0.2) is 6.20 Å². The lowest BCUT2D eigenvalue weighted by Gasteiger charge is -2.09. The van der Waals surface area contributed by atoms with Crippen LogP contribution < -0.4 is 0 Å². The predicted molar refractivity (Wildman–Crippen MR) is 59.0 cm³/mol. The first-order valence-corrected chi connectivity index (χ1v) is 5.33. The SMILES string of the molecule is CCOC(=O)Cc1cnc(C(F)F)c(C#N)c1C. The minimum atomic E-state index is -2.81. The van der Waals surface area contributed by atoms with Gasteiger partial charge in [0.05, 0.1) is 18.6 Å². The average Bonchev–Trinajstić information content (AvgIpc) is 2.31. The number of ether oxygens (including phenoxy) is 1. The minimum absolute atomic E-state index is 0.0785. The molecule has 0 bridgehead atoms. The molecule has 0 saturated carbocycles. The summed E-state index contributed by atoms with van der Waals surface area (Å²) in [4.78, 5) is 14.8. The number of nitriles is 1. The molecule has 1 rings (SSSR count). The number of aromatic nitrogens is 1. The summed E-state index contributed by atoms with van der Waals surface area (Å²) < 4.78 is 30.0. The maximum atomic E-state index is 12.6. The van der Waals surface area contributed by atoms with Crippen molar-refractivity contribution in [2.24, 2.45) is 0 Å². The van der Waals surface area contributed by atoms with Crippen LogP contribution in [0.1, 0.15) is 35.7 Å². The number of halogens is 2. The molecule has 0 aliphatic carbocycles. The van der Waals surface area contributed by atoms with E-state index in [9.17, 15) is 13.6 Å². The molecule has 0 aromatic carbocycles. The van der Waals surface area contributed by atoms with Crippen LogP contribution in [0.5, 0.6) is 0 Å². The highest BCUT2D eigenvalue weighted by atomic mass is 19.3. The third-order valence-electron chi connectivity index (χ3n) is 2.43. The molecule has 1 aromatic rings. The highest BCUT2D eigenvalue weighted by Crippen LogP contribution is 2.24. The zero-order valence-electron chi connectivity index (χ0n) is 10.0. The van der Waals surface area contributed by atoms with Crippen molar-refractivity contribution < 1.29 is 18.3 Å². The van der Waals surface area contributed by atoms with E-state index >= 15 is 0 Å². The summed E-state index contributed by atoms with van der Waals surface area (Å²) in [5, 5.41) is 8.87. The van der Waals surface area contributed by atoms with Gasteiger partial charge in [0.1, 0.15) is 11.8 Å². The van der Waals surface area contributed by atoms with Crippen LogP contribution in [0, 0.1) is 18.3 Å². The van der Waals surface area contributed by atoms with E-state index in [-0.39, 0.29) is 18.6 Å². The lowest BCUT2D eigenvalue weighted by molar-refractivity contribution is -0.142. The third-order valence-corrected chi connectivity index (χ3v) is 2.43. The fourth-order valence-corrected chi connectivity index (χ4v) is 1.51. The summed E-state index contributed by atoms with van der Waals surface area (Å²) >= 11 is 0. The van der Waals surface area contributed by atoms with Crippen LogP contribution in [-0.2, 0) is 16.0 Å². The van der Waals surface area contributed by atoms with Gasteiger partial charge in [-0.25, -0.2) is 8.78 Å². The quantitative estimate of drug-likeness (QED) is 0.773. The van der Waals surface area contributed by atoms with Crippen LogP contribution in [0.25, 0.3) is 0 Å². The Bertz CT molecular complexity index is 496. The fourth-order valence-electron chi connectivity index (χ4n) is 1.51. The minimum Gasteiger partial charge on any atom is -0.466 e. The van der Waals surface area contributed by atoms with Gasteiger partial charge in [-0.1, -0.05) is 0 Å². The van der Waals surface area contributed by atoms with Gasteiger partial charge in [-0.3, -0.25) is 9.78 Å². The second-order valence-corrected chi connectivity index (χ2v) is 3.56. The lowest BCUT2D eigenvalue weighted by Crippen LogP contribution is -2.11. The predicted octanol–water partition coefficient (Wildman–Crippen LogP) is 2.30. The molecule has 1 heterocycles. The molecule has 0 spiro atoms. The van der Waals surface area contributed by atoms with Gasteiger partial charge in [0.15, 0.2) is 0 Å². The molecule has 96 valence electrons. The summed E-state index contributed by atoms with van der Waals surface area (Å²) in [5.41, 5.74) is 0.0414. The van der Waals surface area contributed by atoms with Crippen LogP contribution in [-0.4, -0.2) is 17.6 Å². The molecule has 0 N–H and O–H groups in total. The first-order chi connectivity index (χ1) is 8.51. The lowest BCUT2D eigenvalue weighted by atomic mass is 10.0. The van der Waals surface area contributed by atoms with Gasteiger partial charge in [0.2, 0.25) is 0 Å². The van der Waals surface area contributed by atoms with E-state index in [0.717, 1.165) is 0 Å². The number of carbonyl (C=O) groups is 1. The van der Waals surface area contributed by atoms with Crippen molar-refractivity contribution in [1.82, 2.24) is 4.98 Å². The zero-order chi connectivity index (χ0) is 13.7. The van der Waals surface area contributed by atoms with Crippen molar-refractivity contribution in [3.63, 3.8) is 0 Å².